The molecule has 0 amide bonds. The summed E-state index contributed by atoms with van der Waals surface area (Å²) in [6.07, 6.45) is 5.62. The number of aliphatic hydroxyl groups is 1. The average Bonchev–Trinajstić information content (AvgIpc) is 2.96. The number of hydrogen-bond acceptors (Lipinski definition) is 2. The van der Waals surface area contributed by atoms with Gasteiger partial charge < -0.3 is 5.11 Å². The molecule has 1 atom stereocenters. The first-order chi connectivity index (χ1) is 8.68. The maximum atomic E-state index is 10.3. The molecule has 98 valence electrons. The molecule has 2 heteroatoms. The highest BCUT2D eigenvalue weighted by Crippen LogP contribution is 2.27. The molecular weight excluding hydrogens is 222 g/mol. The van der Waals surface area contributed by atoms with E-state index in [1.165, 1.54) is 24.8 Å². The Labute approximate surface area is 110 Å². The highest BCUT2D eigenvalue weighted by Gasteiger charge is 2.34. The minimum Gasteiger partial charge on any atom is -0.389 e. The fourth-order valence-corrected chi connectivity index (χ4v) is 3.35. The second-order valence-corrected chi connectivity index (χ2v) is 6.00. The zero-order valence-electron chi connectivity index (χ0n) is 11.3. The van der Waals surface area contributed by atoms with Crippen LogP contribution < -0.4 is 0 Å². The van der Waals surface area contributed by atoms with Crippen molar-refractivity contribution in [3.63, 3.8) is 0 Å². The maximum absolute atomic E-state index is 10.3. The van der Waals surface area contributed by atoms with E-state index in [4.69, 9.17) is 0 Å². The van der Waals surface area contributed by atoms with Crippen molar-refractivity contribution in [3.05, 3.63) is 34.9 Å². The molecule has 0 bridgehead atoms. The van der Waals surface area contributed by atoms with E-state index in [0.717, 1.165) is 32.5 Å². The van der Waals surface area contributed by atoms with Crippen LogP contribution in [0.5, 0.6) is 0 Å². The van der Waals surface area contributed by atoms with Crippen LogP contribution in [0.1, 0.15) is 42.9 Å². The molecule has 18 heavy (non-hydrogen) atoms. The summed E-state index contributed by atoms with van der Waals surface area (Å²) < 4.78 is 0. The largest absolute Gasteiger partial charge is 0.389 e. The Kier molecular flexibility index (Phi) is 3.16. The molecule has 2 aliphatic rings. The van der Waals surface area contributed by atoms with Crippen LogP contribution in [-0.2, 0) is 19.4 Å². The third-order valence-electron chi connectivity index (χ3n) is 4.64. The van der Waals surface area contributed by atoms with Gasteiger partial charge in [0.05, 0.1) is 5.60 Å². The van der Waals surface area contributed by atoms with E-state index in [0.29, 0.717) is 0 Å². The first-order valence-corrected chi connectivity index (χ1v) is 7.24. The second kappa shape index (κ2) is 4.67. The van der Waals surface area contributed by atoms with Crippen LogP contribution in [0, 0.1) is 0 Å². The van der Waals surface area contributed by atoms with Crippen molar-refractivity contribution in [2.45, 2.75) is 51.2 Å². The molecule has 0 radical (unpaired) electrons. The number of aryl methyl sites for hydroxylation is 2. The molecular formula is C16H23NO. The lowest BCUT2D eigenvalue weighted by atomic mass is 10.0. The highest BCUT2D eigenvalue weighted by molar-refractivity contribution is 5.35. The Hall–Kier alpha value is -0.860. The van der Waals surface area contributed by atoms with Gasteiger partial charge in [-0.2, -0.15) is 0 Å². The van der Waals surface area contributed by atoms with Crippen molar-refractivity contribution in [2.75, 3.05) is 13.1 Å². The van der Waals surface area contributed by atoms with E-state index in [9.17, 15) is 5.11 Å². The Balaban J connectivity index is 1.67. The number of hydrogen-bond donors (Lipinski definition) is 1. The standard InChI is InChI=1S/C16H23NO/c1-2-16(18)8-9-17(12-16)11-13-6-7-14-4-3-5-15(14)10-13/h6-7,10,18H,2-5,8-9,11-12H2,1H3. The second-order valence-electron chi connectivity index (χ2n) is 6.00. The van der Waals surface area contributed by atoms with Gasteiger partial charge in [-0.3, -0.25) is 4.90 Å². The van der Waals surface area contributed by atoms with Crippen molar-refractivity contribution in [1.82, 2.24) is 4.90 Å². The molecule has 1 aliphatic carbocycles. The summed E-state index contributed by atoms with van der Waals surface area (Å²) in [6, 6.07) is 6.96. The fraction of sp³-hybridized carbons (Fsp3) is 0.625. The Morgan fingerprint density at radius 1 is 1.28 bits per heavy atom. The van der Waals surface area contributed by atoms with Crippen molar-refractivity contribution in [3.8, 4) is 0 Å². The van der Waals surface area contributed by atoms with Gasteiger partial charge >= 0.3 is 0 Å². The topological polar surface area (TPSA) is 23.5 Å². The molecule has 1 saturated heterocycles. The smallest absolute Gasteiger partial charge is 0.0783 e. The van der Waals surface area contributed by atoms with Crippen LogP contribution in [0.2, 0.25) is 0 Å². The van der Waals surface area contributed by atoms with Crippen molar-refractivity contribution in [1.29, 1.82) is 0 Å². The number of nitrogens with zero attached hydrogens (tertiary/aromatic N) is 1. The molecule has 0 spiro atoms. The molecule has 1 heterocycles. The summed E-state index contributed by atoms with van der Waals surface area (Å²) in [7, 11) is 0. The summed E-state index contributed by atoms with van der Waals surface area (Å²) in [4.78, 5) is 2.39. The maximum Gasteiger partial charge on any atom is 0.0783 e. The monoisotopic (exact) mass is 245 g/mol. The number of likely N-dealkylation sites (tertiary alicyclic amines) is 1. The zero-order valence-corrected chi connectivity index (χ0v) is 11.3. The molecule has 0 aromatic heterocycles. The molecule has 1 N–H and O–H groups in total. The molecule has 1 unspecified atom stereocenters. The first-order valence-electron chi connectivity index (χ1n) is 7.24. The molecule has 1 aromatic rings. The van der Waals surface area contributed by atoms with Crippen LogP contribution in [0.3, 0.4) is 0 Å². The number of β-amino-alcohol motifs (C(OH)–C–C–N with tert-alkyl or cyclic N) is 1. The van der Waals surface area contributed by atoms with E-state index in [-0.39, 0.29) is 0 Å². The number of fused-ring (bicyclic) bond motifs is 1. The minimum atomic E-state index is -0.434. The fourth-order valence-electron chi connectivity index (χ4n) is 3.35. The lowest BCUT2D eigenvalue weighted by molar-refractivity contribution is 0.0447. The van der Waals surface area contributed by atoms with Gasteiger partial charge in [-0.1, -0.05) is 25.1 Å². The summed E-state index contributed by atoms with van der Waals surface area (Å²) in [5, 5.41) is 10.3. The highest BCUT2D eigenvalue weighted by atomic mass is 16.3. The van der Waals surface area contributed by atoms with Crippen molar-refractivity contribution in [2.24, 2.45) is 0 Å². The van der Waals surface area contributed by atoms with Gasteiger partial charge in [0, 0.05) is 19.6 Å². The SMILES string of the molecule is CCC1(O)CCN(Cc2ccc3c(c2)CCC3)C1. The van der Waals surface area contributed by atoms with Gasteiger partial charge in [-0.25, -0.2) is 0 Å². The Bertz CT molecular complexity index is 443. The van der Waals surface area contributed by atoms with E-state index >= 15 is 0 Å². The zero-order chi connectivity index (χ0) is 12.6. The molecule has 1 aliphatic heterocycles. The van der Waals surface area contributed by atoms with Gasteiger partial charge in [0.15, 0.2) is 0 Å². The summed E-state index contributed by atoms with van der Waals surface area (Å²) in [6.45, 7) is 4.94. The van der Waals surface area contributed by atoms with Crippen LogP contribution >= 0.6 is 0 Å². The third kappa shape index (κ3) is 2.32. The minimum absolute atomic E-state index is 0.434. The van der Waals surface area contributed by atoms with Crippen LogP contribution in [0.25, 0.3) is 0 Å². The lowest BCUT2D eigenvalue weighted by Crippen LogP contribution is -2.32. The van der Waals surface area contributed by atoms with Crippen LogP contribution in [0.4, 0.5) is 0 Å². The van der Waals surface area contributed by atoms with Crippen LogP contribution in [-0.4, -0.2) is 28.7 Å². The molecule has 2 nitrogen and oxygen atoms in total. The van der Waals surface area contributed by atoms with E-state index in [1.54, 1.807) is 11.1 Å². The summed E-state index contributed by atoms with van der Waals surface area (Å²) in [5.74, 6) is 0. The average molecular weight is 245 g/mol. The van der Waals surface area contributed by atoms with E-state index in [1.807, 2.05) is 0 Å². The Morgan fingerprint density at radius 2 is 2.11 bits per heavy atom. The molecule has 0 saturated carbocycles. The van der Waals surface area contributed by atoms with Crippen molar-refractivity contribution >= 4 is 0 Å². The van der Waals surface area contributed by atoms with Gasteiger partial charge in [0.1, 0.15) is 0 Å². The quantitative estimate of drug-likeness (QED) is 0.884. The number of rotatable bonds is 3. The van der Waals surface area contributed by atoms with Gasteiger partial charge in [0.25, 0.3) is 0 Å². The first kappa shape index (κ1) is 12.2. The van der Waals surface area contributed by atoms with Gasteiger partial charge in [0.2, 0.25) is 0 Å². The molecule has 1 fully saturated rings. The third-order valence-corrected chi connectivity index (χ3v) is 4.64. The predicted molar refractivity (Wildman–Crippen MR) is 73.6 cm³/mol. The van der Waals surface area contributed by atoms with Crippen LogP contribution in [0.15, 0.2) is 18.2 Å². The Morgan fingerprint density at radius 3 is 2.89 bits per heavy atom. The van der Waals surface area contributed by atoms with E-state index < -0.39 is 5.60 Å². The van der Waals surface area contributed by atoms with Gasteiger partial charge in [-0.05, 0) is 48.8 Å². The van der Waals surface area contributed by atoms with Gasteiger partial charge in [-0.15, -0.1) is 0 Å². The summed E-state index contributed by atoms with van der Waals surface area (Å²) in [5.41, 5.74) is 4.08. The lowest BCUT2D eigenvalue weighted by Gasteiger charge is -2.21. The van der Waals surface area contributed by atoms with E-state index in [2.05, 4.69) is 30.0 Å². The predicted octanol–water partition coefficient (Wildman–Crippen LogP) is 2.52. The number of benzene rings is 1. The molecule has 1 aromatic carbocycles. The molecule has 3 rings (SSSR count). The normalized spacial score (nSPS) is 27.7. The van der Waals surface area contributed by atoms with Crippen molar-refractivity contribution < 1.29 is 5.11 Å². The summed E-state index contributed by atoms with van der Waals surface area (Å²) >= 11 is 0.